The van der Waals surface area contributed by atoms with E-state index in [9.17, 15) is 13.2 Å². The Hall–Kier alpha value is -2.46. The third kappa shape index (κ3) is 3.55. The SMILES string of the molecule is N#Cc1ccc(Nc2cc(N)cc(Cl)n2)cc1C(F)(F)F. The lowest BCUT2D eigenvalue weighted by Crippen LogP contribution is -2.08. The van der Waals surface area contributed by atoms with Gasteiger partial charge in [-0.15, -0.1) is 0 Å². The van der Waals surface area contributed by atoms with E-state index in [1.807, 2.05) is 0 Å². The summed E-state index contributed by atoms with van der Waals surface area (Å²) in [7, 11) is 0. The first-order valence-corrected chi connectivity index (χ1v) is 5.99. The number of pyridine rings is 1. The molecule has 2 aromatic rings. The Labute approximate surface area is 123 Å². The fourth-order valence-corrected chi connectivity index (χ4v) is 1.90. The van der Waals surface area contributed by atoms with E-state index in [0.717, 1.165) is 12.1 Å². The summed E-state index contributed by atoms with van der Waals surface area (Å²) >= 11 is 5.71. The number of halogens is 4. The van der Waals surface area contributed by atoms with Crippen molar-refractivity contribution in [3.63, 3.8) is 0 Å². The van der Waals surface area contributed by atoms with E-state index in [0.29, 0.717) is 5.69 Å². The zero-order valence-corrected chi connectivity index (χ0v) is 11.1. The predicted octanol–water partition coefficient (Wildman–Crippen LogP) is 3.95. The molecule has 8 heteroatoms. The molecule has 108 valence electrons. The van der Waals surface area contributed by atoms with Crippen molar-refractivity contribution in [1.82, 2.24) is 4.98 Å². The van der Waals surface area contributed by atoms with Crippen LogP contribution in [0.3, 0.4) is 0 Å². The summed E-state index contributed by atoms with van der Waals surface area (Å²) < 4.78 is 38.5. The molecule has 21 heavy (non-hydrogen) atoms. The lowest BCUT2D eigenvalue weighted by molar-refractivity contribution is -0.137. The average Bonchev–Trinajstić information content (AvgIpc) is 2.36. The summed E-state index contributed by atoms with van der Waals surface area (Å²) in [5.74, 6) is 0.206. The quantitative estimate of drug-likeness (QED) is 0.823. The van der Waals surface area contributed by atoms with Crippen molar-refractivity contribution in [3.05, 3.63) is 46.6 Å². The largest absolute Gasteiger partial charge is 0.417 e. The topological polar surface area (TPSA) is 74.7 Å². The number of benzene rings is 1. The second-order valence-electron chi connectivity index (χ2n) is 4.10. The molecule has 0 aliphatic carbocycles. The molecule has 1 heterocycles. The Morgan fingerprint density at radius 2 is 1.95 bits per heavy atom. The standard InChI is InChI=1S/C13H8ClF3N4/c14-11-3-8(19)4-12(21-11)20-9-2-1-7(6-18)10(5-9)13(15,16)17/h1-5H,(H3,19,20,21). The van der Waals surface area contributed by atoms with Gasteiger partial charge in [0, 0.05) is 17.4 Å². The zero-order valence-electron chi connectivity index (χ0n) is 10.4. The molecule has 0 radical (unpaired) electrons. The highest BCUT2D eigenvalue weighted by Gasteiger charge is 2.33. The maximum absolute atomic E-state index is 12.8. The maximum atomic E-state index is 12.8. The summed E-state index contributed by atoms with van der Waals surface area (Å²) in [6.45, 7) is 0. The van der Waals surface area contributed by atoms with Crippen LogP contribution in [0.15, 0.2) is 30.3 Å². The molecule has 0 spiro atoms. The van der Waals surface area contributed by atoms with Crippen molar-refractivity contribution >= 4 is 28.8 Å². The minimum Gasteiger partial charge on any atom is -0.399 e. The van der Waals surface area contributed by atoms with Crippen molar-refractivity contribution in [2.75, 3.05) is 11.1 Å². The van der Waals surface area contributed by atoms with Crippen molar-refractivity contribution in [3.8, 4) is 6.07 Å². The molecule has 3 N–H and O–H groups in total. The number of anilines is 3. The van der Waals surface area contributed by atoms with Gasteiger partial charge >= 0.3 is 6.18 Å². The number of nitrogens with two attached hydrogens (primary N) is 1. The van der Waals surface area contributed by atoms with Crippen LogP contribution in [0.2, 0.25) is 5.15 Å². The molecular formula is C13H8ClF3N4. The minimum atomic E-state index is -4.62. The van der Waals surface area contributed by atoms with Crippen LogP contribution in [0.1, 0.15) is 11.1 Å². The normalized spacial score (nSPS) is 11.0. The first-order chi connectivity index (χ1) is 9.79. The molecule has 0 saturated carbocycles. The Morgan fingerprint density at radius 3 is 2.52 bits per heavy atom. The number of nitrogen functional groups attached to an aromatic ring is 1. The van der Waals surface area contributed by atoms with Gasteiger partial charge in [0.1, 0.15) is 11.0 Å². The fraction of sp³-hybridized carbons (Fsp3) is 0.0769. The first kappa shape index (κ1) is 14.9. The number of rotatable bonds is 2. The second kappa shape index (κ2) is 5.50. The number of alkyl halides is 3. The van der Waals surface area contributed by atoms with Gasteiger partial charge in [-0.1, -0.05) is 11.6 Å². The Morgan fingerprint density at radius 1 is 1.24 bits per heavy atom. The first-order valence-electron chi connectivity index (χ1n) is 5.61. The van der Waals surface area contributed by atoms with Crippen molar-refractivity contribution in [1.29, 1.82) is 5.26 Å². The number of nitrogens with one attached hydrogen (secondary N) is 1. The highest BCUT2D eigenvalue weighted by Crippen LogP contribution is 2.34. The van der Waals surface area contributed by atoms with E-state index in [2.05, 4.69) is 10.3 Å². The number of nitriles is 1. The molecule has 4 nitrogen and oxygen atoms in total. The van der Waals surface area contributed by atoms with Crippen molar-refractivity contribution in [2.24, 2.45) is 0 Å². The van der Waals surface area contributed by atoms with Gasteiger partial charge in [-0.2, -0.15) is 18.4 Å². The number of nitrogens with zero attached hydrogens (tertiary/aromatic N) is 2. The van der Waals surface area contributed by atoms with Gasteiger partial charge in [-0.05, 0) is 24.3 Å². The minimum absolute atomic E-state index is 0.113. The average molecular weight is 313 g/mol. The summed E-state index contributed by atoms with van der Waals surface area (Å²) in [5.41, 5.74) is 4.54. The van der Waals surface area contributed by atoms with Crippen LogP contribution in [-0.2, 0) is 6.18 Å². The van der Waals surface area contributed by atoms with Crippen LogP contribution in [0.5, 0.6) is 0 Å². The highest BCUT2D eigenvalue weighted by molar-refractivity contribution is 6.29. The third-order valence-electron chi connectivity index (χ3n) is 2.53. The van der Waals surface area contributed by atoms with Crippen LogP contribution in [0, 0.1) is 11.3 Å². The van der Waals surface area contributed by atoms with Crippen LogP contribution in [0.25, 0.3) is 0 Å². The lowest BCUT2D eigenvalue weighted by Gasteiger charge is -2.12. The molecule has 1 aromatic carbocycles. The van der Waals surface area contributed by atoms with E-state index in [1.54, 1.807) is 0 Å². The number of aromatic nitrogens is 1. The van der Waals surface area contributed by atoms with Gasteiger partial charge in [0.05, 0.1) is 17.2 Å². The van der Waals surface area contributed by atoms with Crippen LogP contribution >= 0.6 is 11.6 Å². The van der Waals surface area contributed by atoms with Crippen LogP contribution in [0.4, 0.5) is 30.4 Å². The van der Waals surface area contributed by atoms with E-state index >= 15 is 0 Å². The molecule has 2 rings (SSSR count). The van der Waals surface area contributed by atoms with E-state index in [4.69, 9.17) is 22.6 Å². The monoisotopic (exact) mass is 312 g/mol. The van der Waals surface area contributed by atoms with E-state index in [1.165, 1.54) is 24.3 Å². The fourth-order valence-electron chi connectivity index (χ4n) is 1.68. The maximum Gasteiger partial charge on any atom is 0.417 e. The van der Waals surface area contributed by atoms with E-state index in [-0.39, 0.29) is 16.7 Å². The lowest BCUT2D eigenvalue weighted by atomic mass is 10.1. The molecule has 1 aromatic heterocycles. The molecule has 0 atom stereocenters. The van der Waals surface area contributed by atoms with Gasteiger partial charge in [-0.25, -0.2) is 4.98 Å². The molecule has 0 saturated heterocycles. The highest BCUT2D eigenvalue weighted by atomic mass is 35.5. The summed E-state index contributed by atoms with van der Waals surface area (Å²) in [4.78, 5) is 3.89. The predicted molar refractivity (Wildman–Crippen MR) is 73.1 cm³/mol. The van der Waals surface area contributed by atoms with Crippen LogP contribution < -0.4 is 11.1 Å². The molecule has 0 fully saturated rings. The van der Waals surface area contributed by atoms with Crippen LogP contribution in [-0.4, -0.2) is 4.98 Å². The molecule has 0 amide bonds. The summed E-state index contributed by atoms with van der Waals surface area (Å²) in [6, 6.07) is 7.60. The number of hydrogen-bond donors (Lipinski definition) is 2. The summed E-state index contributed by atoms with van der Waals surface area (Å²) in [5, 5.41) is 11.5. The van der Waals surface area contributed by atoms with E-state index < -0.39 is 17.3 Å². The van der Waals surface area contributed by atoms with Crippen molar-refractivity contribution in [2.45, 2.75) is 6.18 Å². The van der Waals surface area contributed by atoms with Gasteiger partial charge < -0.3 is 11.1 Å². The van der Waals surface area contributed by atoms with Gasteiger partial charge in [0.25, 0.3) is 0 Å². The molecule has 0 bridgehead atoms. The van der Waals surface area contributed by atoms with Gasteiger partial charge in [-0.3, -0.25) is 0 Å². The van der Waals surface area contributed by atoms with Gasteiger partial charge in [0.2, 0.25) is 0 Å². The summed E-state index contributed by atoms with van der Waals surface area (Å²) in [6.07, 6.45) is -4.62. The Kier molecular flexibility index (Phi) is 3.91. The third-order valence-corrected chi connectivity index (χ3v) is 2.73. The molecule has 0 aliphatic heterocycles. The molecule has 0 aliphatic rings. The molecular weight excluding hydrogens is 305 g/mol. The Bertz CT molecular complexity index is 702. The van der Waals surface area contributed by atoms with Gasteiger partial charge in [0.15, 0.2) is 0 Å². The van der Waals surface area contributed by atoms with Crippen molar-refractivity contribution < 1.29 is 13.2 Å². The smallest absolute Gasteiger partial charge is 0.399 e. The molecule has 0 unspecified atom stereocenters. The zero-order chi connectivity index (χ0) is 15.6. The second-order valence-corrected chi connectivity index (χ2v) is 4.49. The number of hydrogen-bond acceptors (Lipinski definition) is 4. The Balaban J connectivity index is 2.40.